The number of nitrogens with one attached hydrogen (secondary N) is 1. The van der Waals surface area contributed by atoms with E-state index in [0.29, 0.717) is 5.41 Å². The van der Waals surface area contributed by atoms with E-state index in [1.54, 1.807) is 0 Å². The van der Waals surface area contributed by atoms with Gasteiger partial charge in [0.1, 0.15) is 0 Å². The summed E-state index contributed by atoms with van der Waals surface area (Å²) in [6.07, 6.45) is 11.5. The van der Waals surface area contributed by atoms with Crippen molar-refractivity contribution >= 4 is 22.6 Å². The molecule has 2 rings (SSSR count). The highest BCUT2D eigenvalue weighted by atomic mass is 127. The Bertz CT molecular complexity index is 255. The lowest BCUT2D eigenvalue weighted by molar-refractivity contribution is 0.270. The summed E-state index contributed by atoms with van der Waals surface area (Å²) >= 11 is 2.69. The van der Waals surface area contributed by atoms with Crippen LogP contribution in [0.5, 0.6) is 0 Å². The van der Waals surface area contributed by atoms with Gasteiger partial charge in [-0.05, 0) is 68.9 Å². The molecule has 0 bridgehead atoms. The van der Waals surface area contributed by atoms with Crippen molar-refractivity contribution in [2.75, 3.05) is 13.1 Å². The summed E-state index contributed by atoms with van der Waals surface area (Å²) in [6.45, 7) is 7.44. The fourth-order valence-corrected chi connectivity index (χ4v) is 4.75. The second-order valence-electron chi connectivity index (χ2n) is 6.72. The van der Waals surface area contributed by atoms with Gasteiger partial charge in [0.25, 0.3) is 0 Å². The maximum atomic E-state index is 3.66. The van der Waals surface area contributed by atoms with Crippen LogP contribution in [0.25, 0.3) is 0 Å². The Morgan fingerprint density at radius 3 is 2.72 bits per heavy atom. The van der Waals surface area contributed by atoms with Crippen LogP contribution in [0, 0.1) is 17.3 Å². The van der Waals surface area contributed by atoms with Gasteiger partial charge in [0.15, 0.2) is 0 Å². The Morgan fingerprint density at radius 1 is 1.11 bits per heavy atom. The molecule has 1 saturated carbocycles. The molecule has 0 aromatic heterocycles. The summed E-state index contributed by atoms with van der Waals surface area (Å²) in [6, 6.07) is 0. The summed E-state index contributed by atoms with van der Waals surface area (Å²) in [5, 5.41) is 3.66. The van der Waals surface area contributed by atoms with Crippen LogP contribution in [0.4, 0.5) is 0 Å². The first-order chi connectivity index (χ1) is 8.66. The van der Waals surface area contributed by atoms with Gasteiger partial charge < -0.3 is 5.32 Å². The van der Waals surface area contributed by atoms with Gasteiger partial charge >= 0.3 is 0 Å². The van der Waals surface area contributed by atoms with E-state index < -0.39 is 0 Å². The fourth-order valence-electron chi connectivity index (χ4n) is 3.95. The number of fused-ring (bicyclic) bond motifs is 1. The van der Waals surface area contributed by atoms with Crippen molar-refractivity contribution in [3.8, 4) is 0 Å². The molecule has 1 N–H and O–H groups in total. The molecular formula is C16H30IN. The van der Waals surface area contributed by atoms with Crippen LogP contribution in [0.3, 0.4) is 0 Å². The third-order valence-corrected chi connectivity index (χ3v) is 6.75. The van der Waals surface area contributed by atoms with E-state index in [9.17, 15) is 0 Å². The zero-order chi connectivity index (χ0) is 13.0. The van der Waals surface area contributed by atoms with Gasteiger partial charge in [-0.3, -0.25) is 0 Å². The Hall–Kier alpha value is 0.690. The summed E-state index contributed by atoms with van der Waals surface area (Å²) in [5.74, 6) is 2.00. The minimum Gasteiger partial charge on any atom is -0.317 e. The predicted octanol–water partition coefficient (Wildman–Crippen LogP) is 4.79. The summed E-state index contributed by atoms with van der Waals surface area (Å²) in [7, 11) is 0. The van der Waals surface area contributed by atoms with Crippen LogP contribution in [-0.4, -0.2) is 17.0 Å². The van der Waals surface area contributed by atoms with Crippen molar-refractivity contribution in [3.63, 3.8) is 0 Å². The summed E-state index contributed by atoms with van der Waals surface area (Å²) in [4.78, 5) is 0. The second kappa shape index (κ2) is 6.92. The molecule has 1 aliphatic carbocycles. The van der Waals surface area contributed by atoms with Crippen molar-refractivity contribution in [1.82, 2.24) is 5.32 Å². The zero-order valence-corrected chi connectivity index (χ0v) is 14.3. The Labute approximate surface area is 127 Å². The van der Waals surface area contributed by atoms with Crippen LogP contribution in [-0.2, 0) is 0 Å². The van der Waals surface area contributed by atoms with Crippen molar-refractivity contribution in [2.45, 2.75) is 69.1 Å². The molecule has 0 aromatic carbocycles. The minimum atomic E-state index is 0.695. The Balaban J connectivity index is 1.90. The van der Waals surface area contributed by atoms with Crippen LogP contribution in [0.2, 0.25) is 0 Å². The quantitative estimate of drug-likeness (QED) is 0.522. The second-order valence-corrected chi connectivity index (χ2v) is 8.48. The van der Waals surface area contributed by atoms with Crippen LogP contribution < -0.4 is 5.32 Å². The molecule has 18 heavy (non-hydrogen) atoms. The van der Waals surface area contributed by atoms with E-state index in [4.69, 9.17) is 0 Å². The topological polar surface area (TPSA) is 12.0 Å². The maximum absolute atomic E-state index is 3.66. The Kier molecular flexibility index (Phi) is 5.80. The van der Waals surface area contributed by atoms with E-state index in [-0.39, 0.29) is 0 Å². The van der Waals surface area contributed by atoms with E-state index in [2.05, 4.69) is 41.8 Å². The van der Waals surface area contributed by atoms with Crippen molar-refractivity contribution in [1.29, 1.82) is 0 Å². The van der Waals surface area contributed by atoms with Gasteiger partial charge in [-0.2, -0.15) is 0 Å². The lowest BCUT2D eigenvalue weighted by atomic mass is 9.83. The van der Waals surface area contributed by atoms with Gasteiger partial charge in [-0.25, -0.2) is 0 Å². The standard InChI is InChI=1S/C16H30IN/c1-3-13-9-11-18-10-5-4-6-15(17)8-7-14-12-16(13,14)2/h13-15,18H,3-12H2,1-2H3. The van der Waals surface area contributed by atoms with Gasteiger partial charge in [0, 0.05) is 3.92 Å². The number of hydrogen-bond acceptors (Lipinski definition) is 1. The first kappa shape index (κ1) is 15.1. The van der Waals surface area contributed by atoms with E-state index in [0.717, 1.165) is 15.8 Å². The van der Waals surface area contributed by atoms with Gasteiger partial charge in [-0.1, -0.05) is 49.3 Å². The lowest BCUT2D eigenvalue weighted by Crippen LogP contribution is -2.23. The molecule has 1 nitrogen and oxygen atoms in total. The molecule has 1 saturated heterocycles. The normalized spacial score (nSPS) is 43.2. The highest BCUT2D eigenvalue weighted by molar-refractivity contribution is 14.1. The molecule has 4 atom stereocenters. The van der Waals surface area contributed by atoms with Crippen LogP contribution >= 0.6 is 22.6 Å². The van der Waals surface area contributed by atoms with Crippen LogP contribution in [0.15, 0.2) is 0 Å². The van der Waals surface area contributed by atoms with E-state index >= 15 is 0 Å². The number of hydrogen-bond donors (Lipinski definition) is 1. The molecule has 4 unspecified atom stereocenters. The average Bonchev–Trinajstić information content (AvgIpc) is 3.01. The largest absolute Gasteiger partial charge is 0.317 e. The smallest absolute Gasteiger partial charge is 0.0110 e. The average molecular weight is 363 g/mol. The highest BCUT2D eigenvalue weighted by Gasteiger charge is 2.53. The minimum absolute atomic E-state index is 0.695. The maximum Gasteiger partial charge on any atom is 0.0110 e. The van der Waals surface area contributed by atoms with E-state index in [1.165, 1.54) is 64.5 Å². The van der Waals surface area contributed by atoms with Crippen molar-refractivity contribution in [2.24, 2.45) is 17.3 Å². The molecular weight excluding hydrogens is 333 g/mol. The van der Waals surface area contributed by atoms with Gasteiger partial charge in [0.05, 0.1) is 0 Å². The first-order valence-corrected chi connectivity index (χ1v) is 9.26. The third-order valence-electron chi connectivity index (χ3n) is 5.50. The number of alkyl halides is 1. The molecule has 2 aliphatic rings. The van der Waals surface area contributed by atoms with Crippen molar-refractivity contribution in [3.05, 3.63) is 0 Å². The fraction of sp³-hybridized carbons (Fsp3) is 1.00. The molecule has 0 radical (unpaired) electrons. The highest BCUT2D eigenvalue weighted by Crippen LogP contribution is 2.61. The third kappa shape index (κ3) is 3.84. The van der Waals surface area contributed by atoms with Gasteiger partial charge in [-0.15, -0.1) is 0 Å². The number of rotatable bonds is 1. The van der Waals surface area contributed by atoms with E-state index in [1.807, 2.05) is 0 Å². The predicted molar refractivity (Wildman–Crippen MR) is 88.4 cm³/mol. The molecule has 0 amide bonds. The zero-order valence-electron chi connectivity index (χ0n) is 12.2. The Morgan fingerprint density at radius 2 is 1.94 bits per heavy atom. The summed E-state index contributed by atoms with van der Waals surface area (Å²) in [5.41, 5.74) is 0.695. The van der Waals surface area contributed by atoms with Crippen molar-refractivity contribution < 1.29 is 0 Å². The molecule has 0 spiro atoms. The summed E-state index contributed by atoms with van der Waals surface area (Å²) < 4.78 is 0.924. The molecule has 1 heterocycles. The molecule has 2 fully saturated rings. The molecule has 0 aromatic rings. The SMILES string of the molecule is CCC1CCNCCCCC(I)CCC2CC12C. The van der Waals surface area contributed by atoms with Gasteiger partial charge in [0.2, 0.25) is 0 Å². The first-order valence-electron chi connectivity index (χ1n) is 8.01. The molecule has 106 valence electrons. The molecule has 1 aliphatic heterocycles. The number of halogens is 1. The lowest BCUT2D eigenvalue weighted by Gasteiger charge is -2.24. The monoisotopic (exact) mass is 363 g/mol. The molecule has 2 heteroatoms. The van der Waals surface area contributed by atoms with Crippen LogP contribution in [0.1, 0.15) is 65.2 Å².